The Morgan fingerprint density at radius 2 is 2.23 bits per heavy atom. The molecule has 2 heterocycles. The lowest BCUT2D eigenvalue weighted by Crippen LogP contribution is -2.39. The van der Waals surface area contributed by atoms with Crippen molar-refractivity contribution in [1.82, 2.24) is 15.1 Å². The first kappa shape index (κ1) is 14.6. The third-order valence-corrected chi connectivity index (χ3v) is 3.94. The number of aromatic hydroxyl groups is 1. The number of para-hydroxylation sites is 1. The Kier molecular flexibility index (Phi) is 4.11. The smallest absolute Gasteiger partial charge is 0.272 e. The number of aromatic amines is 1. The maximum Gasteiger partial charge on any atom is 0.272 e. The third kappa shape index (κ3) is 2.82. The number of rotatable bonds is 2. The van der Waals surface area contributed by atoms with Crippen molar-refractivity contribution in [2.24, 2.45) is 0 Å². The molecule has 1 aliphatic rings. The molecule has 1 unspecified atom stereocenters. The zero-order chi connectivity index (χ0) is 15.5. The number of amides is 1. The Morgan fingerprint density at radius 3 is 3.05 bits per heavy atom. The summed E-state index contributed by atoms with van der Waals surface area (Å²) in [6.45, 7) is 3.82. The van der Waals surface area contributed by atoms with Gasteiger partial charge in [0.15, 0.2) is 0 Å². The zero-order valence-corrected chi connectivity index (χ0v) is 12.5. The first-order chi connectivity index (χ1) is 10.7. The van der Waals surface area contributed by atoms with E-state index in [9.17, 15) is 9.90 Å². The van der Waals surface area contributed by atoms with Crippen molar-refractivity contribution in [2.45, 2.75) is 19.4 Å². The highest BCUT2D eigenvalue weighted by Crippen LogP contribution is 2.27. The molecule has 0 radical (unpaired) electrons. The number of carbonyl (C=O) groups excluding carboxylic acids is 1. The molecule has 1 fully saturated rings. The molecule has 6 nitrogen and oxygen atoms in total. The van der Waals surface area contributed by atoms with Crippen LogP contribution in [0, 0.1) is 0 Å². The van der Waals surface area contributed by atoms with E-state index in [-0.39, 0.29) is 17.7 Å². The second-order valence-corrected chi connectivity index (χ2v) is 5.43. The molecule has 1 saturated heterocycles. The van der Waals surface area contributed by atoms with Gasteiger partial charge in [-0.25, -0.2) is 0 Å². The molecule has 6 heteroatoms. The van der Waals surface area contributed by atoms with Crippen LogP contribution < -0.4 is 0 Å². The number of hydrogen-bond acceptors (Lipinski definition) is 4. The number of carbonyl (C=O) groups is 1. The molecule has 1 aromatic carbocycles. The summed E-state index contributed by atoms with van der Waals surface area (Å²) in [6.07, 6.45) is 0.826. The highest BCUT2D eigenvalue weighted by Gasteiger charge is 2.25. The fraction of sp³-hybridized carbons (Fsp3) is 0.375. The van der Waals surface area contributed by atoms with Crippen LogP contribution in [-0.4, -0.2) is 51.9 Å². The lowest BCUT2D eigenvalue weighted by Gasteiger charge is -2.25. The SMILES string of the molecule is CC1CCOCCN1C(=O)c1cc(-c2ccccc2O)n[nH]1. The molecule has 2 N–H and O–H groups in total. The topological polar surface area (TPSA) is 78.4 Å². The highest BCUT2D eigenvalue weighted by atomic mass is 16.5. The highest BCUT2D eigenvalue weighted by molar-refractivity contribution is 5.93. The number of nitrogens with one attached hydrogen (secondary N) is 1. The molecule has 3 rings (SSSR count). The summed E-state index contributed by atoms with van der Waals surface area (Å²) in [5, 5.41) is 16.8. The maximum atomic E-state index is 12.6. The first-order valence-electron chi connectivity index (χ1n) is 7.39. The predicted octanol–water partition coefficient (Wildman–Crippen LogP) is 2.03. The summed E-state index contributed by atoms with van der Waals surface area (Å²) < 4.78 is 5.42. The third-order valence-electron chi connectivity index (χ3n) is 3.94. The van der Waals surface area contributed by atoms with E-state index in [0.29, 0.717) is 36.7 Å². The van der Waals surface area contributed by atoms with Crippen LogP contribution in [0.1, 0.15) is 23.8 Å². The number of phenolic OH excluding ortho intramolecular Hbond substituents is 1. The van der Waals surface area contributed by atoms with E-state index in [2.05, 4.69) is 10.2 Å². The lowest BCUT2D eigenvalue weighted by molar-refractivity contribution is 0.0681. The van der Waals surface area contributed by atoms with Crippen molar-refractivity contribution in [1.29, 1.82) is 0 Å². The van der Waals surface area contributed by atoms with Gasteiger partial charge in [-0.3, -0.25) is 9.89 Å². The van der Waals surface area contributed by atoms with E-state index in [1.54, 1.807) is 29.2 Å². The van der Waals surface area contributed by atoms with Crippen LogP contribution in [0.3, 0.4) is 0 Å². The summed E-state index contributed by atoms with van der Waals surface area (Å²) in [5.41, 5.74) is 1.58. The molecule has 2 aromatic rings. The summed E-state index contributed by atoms with van der Waals surface area (Å²) in [7, 11) is 0. The van der Waals surface area contributed by atoms with E-state index in [4.69, 9.17) is 4.74 Å². The Labute approximate surface area is 128 Å². The quantitative estimate of drug-likeness (QED) is 0.889. The molecule has 1 aliphatic heterocycles. The van der Waals surface area contributed by atoms with Gasteiger partial charge >= 0.3 is 0 Å². The van der Waals surface area contributed by atoms with E-state index < -0.39 is 0 Å². The number of benzene rings is 1. The Morgan fingerprint density at radius 1 is 1.41 bits per heavy atom. The number of phenols is 1. The van der Waals surface area contributed by atoms with Gasteiger partial charge in [-0.15, -0.1) is 0 Å². The van der Waals surface area contributed by atoms with E-state index in [1.165, 1.54) is 0 Å². The lowest BCUT2D eigenvalue weighted by atomic mass is 10.1. The second-order valence-electron chi connectivity index (χ2n) is 5.43. The molecule has 22 heavy (non-hydrogen) atoms. The van der Waals surface area contributed by atoms with Gasteiger partial charge in [0, 0.05) is 24.8 Å². The van der Waals surface area contributed by atoms with Gasteiger partial charge in [0.05, 0.1) is 12.3 Å². The van der Waals surface area contributed by atoms with E-state index in [0.717, 1.165) is 6.42 Å². The van der Waals surface area contributed by atoms with Gasteiger partial charge < -0.3 is 14.7 Å². The van der Waals surface area contributed by atoms with Crippen LogP contribution >= 0.6 is 0 Å². The number of nitrogens with zero attached hydrogens (tertiary/aromatic N) is 2. The van der Waals surface area contributed by atoms with Crippen LogP contribution in [0.5, 0.6) is 5.75 Å². The molecule has 116 valence electrons. The van der Waals surface area contributed by atoms with Crippen LogP contribution in [0.4, 0.5) is 0 Å². The molecule has 1 amide bonds. The van der Waals surface area contributed by atoms with Crippen molar-refractivity contribution in [2.75, 3.05) is 19.8 Å². The van der Waals surface area contributed by atoms with Crippen molar-refractivity contribution >= 4 is 5.91 Å². The van der Waals surface area contributed by atoms with Crippen LogP contribution in [0.2, 0.25) is 0 Å². The van der Waals surface area contributed by atoms with Gasteiger partial charge in [0.1, 0.15) is 11.4 Å². The fourth-order valence-corrected chi connectivity index (χ4v) is 2.61. The number of hydrogen-bond donors (Lipinski definition) is 2. The molecule has 1 aromatic heterocycles. The average Bonchev–Trinajstić information content (AvgIpc) is 2.90. The molecule has 0 saturated carbocycles. The Hall–Kier alpha value is -2.34. The summed E-state index contributed by atoms with van der Waals surface area (Å²) in [6, 6.07) is 8.74. The minimum Gasteiger partial charge on any atom is -0.507 e. The van der Waals surface area contributed by atoms with Gasteiger partial charge in [-0.05, 0) is 31.5 Å². The molecule has 1 atom stereocenters. The molecular formula is C16H19N3O3. The fourth-order valence-electron chi connectivity index (χ4n) is 2.61. The largest absolute Gasteiger partial charge is 0.507 e. The van der Waals surface area contributed by atoms with Gasteiger partial charge in [-0.2, -0.15) is 5.10 Å². The predicted molar refractivity (Wildman–Crippen MR) is 81.6 cm³/mol. The number of ether oxygens (including phenoxy) is 1. The first-order valence-corrected chi connectivity index (χ1v) is 7.39. The normalized spacial score (nSPS) is 19.0. The minimum atomic E-state index is -0.0906. The zero-order valence-electron chi connectivity index (χ0n) is 12.5. The summed E-state index contributed by atoms with van der Waals surface area (Å²) in [4.78, 5) is 14.4. The molecule has 0 aliphatic carbocycles. The standard InChI is InChI=1S/C16H19N3O3/c1-11-6-8-22-9-7-19(11)16(21)14-10-13(17-18-14)12-4-2-3-5-15(12)20/h2-5,10-11,20H,6-9H2,1H3,(H,17,18). The van der Waals surface area contributed by atoms with Gasteiger partial charge in [0.2, 0.25) is 0 Å². The van der Waals surface area contributed by atoms with Crippen LogP contribution in [-0.2, 0) is 4.74 Å². The van der Waals surface area contributed by atoms with Crippen molar-refractivity contribution in [3.63, 3.8) is 0 Å². The van der Waals surface area contributed by atoms with E-state index >= 15 is 0 Å². The molecule has 0 spiro atoms. The molecular weight excluding hydrogens is 282 g/mol. The molecule has 0 bridgehead atoms. The van der Waals surface area contributed by atoms with Gasteiger partial charge in [0.25, 0.3) is 5.91 Å². The van der Waals surface area contributed by atoms with Crippen LogP contribution in [0.15, 0.2) is 30.3 Å². The van der Waals surface area contributed by atoms with E-state index in [1.807, 2.05) is 13.0 Å². The monoisotopic (exact) mass is 301 g/mol. The average molecular weight is 301 g/mol. The Balaban J connectivity index is 1.84. The maximum absolute atomic E-state index is 12.6. The second kappa shape index (κ2) is 6.19. The van der Waals surface area contributed by atoms with Gasteiger partial charge in [-0.1, -0.05) is 12.1 Å². The number of H-pyrrole nitrogens is 1. The van der Waals surface area contributed by atoms with Crippen molar-refractivity contribution < 1.29 is 14.6 Å². The number of aromatic nitrogens is 2. The van der Waals surface area contributed by atoms with Crippen molar-refractivity contribution in [3.05, 3.63) is 36.0 Å². The van der Waals surface area contributed by atoms with Crippen LogP contribution in [0.25, 0.3) is 11.3 Å². The Bertz CT molecular complexity index is 668. The minimum absolute atomic E-state index is 0.0906. The van der Waals surface area contributed by atoms with Crippen molar-refractivity contribution in [3.8, 4) is 17.0 Å². The summed E-state index contributed by atoms with van der Waals surface area (Å²) in [5.74, 6) is 0.0525. The summed E-state index contributed by atoms with van der Waals surface area (Å²) >= 11 is 0.